The molecule has 5 heteroatoms. The monoisotopic (exact) mass is 865 g/mol. The van der Waals surface area contributed by atoms with Crippen LogP contribution in [0, 0.1) is 0 Å². The molecule has 11 aromatic carbocycles. The van der Waals surface area contributed by atoms with Crippen LogP contribution in [0.5, 0.6) is 0 Å². The molecule has 0 atom stereocenters. The first kappa shape index (κ1) is 38.1. The Morgan fingerprint density at radius 1 is 0.235 bits per heavy atom. The molecule has 0 saturated carbocycles. The summed E-state index contributed by atoms with van der Waals surface area (Å²) in [7, 11) is 0. The van der Waals surface area contributed by atoms with Gasteiger partial charge < -0.3 is 9.13 Å². The topological polar surface area (TPSA) is 48.5 Å². The zero-order valence-corrected chi connectivity index (χ0v) is 36.8. The molecule has 3 aromatic heterocycles. The van der Waals surface area contributed by atoms with Gasteiger partial charge in [0.15, 0.2) is 17.5 Å². The van der Waals surface area contributed by atoms with Crippen LogP contribution in [0.4, 0.5) is 0 Å². The average molecular weight is 866 g/mol. The maximum Gasteiger partial charge on any atom is 0.164 e. The standard InChI is InChI=1S/C63H39N5/c1-4-18-40(19-5-1)61-64-62(41-20-6-2-7-21-41)66-63(65-61)55-39-45(38-54-48-26-11-10-24-46(48)47-25-12-13-29-52(47)60(54)55)68-57-31-17-15-28-50(57)53-36-42(33-35-58(53)68)43-32-34-51-49-27-14-16-30-56(49)67(59(51)37-43)44-22-8-3-9-23-44/h1-39H. The van der Waals surface area contributed by atoms with E-state index in [9.17, 15) is 0 Å². The summed E-state index contributed by atoms with van der Waals surface area (Å²) < 4.78 is 4.82. The van der Waals surface area contributed by atoms with Crippen molar-refractivity contribution in [3.05, 3.63) is 237 Å². The van der Waals surface area contributed by atoms with E-state index in [0.717, 1.165) is 60.8 Å². The van der Waals surface area contributed by atoms with E-state index in [2.05, 4.69) is 209 Å². The van der Waals surface area contributed by atoms with Crippen LogP contribution in [0.1, 0.15) is 0 Å². The van der Waals surface area contributed by atoms with Gasteiger partial charge in [0.25, 0.3) is 0 Å². The number of hydrogen-bond acceptors (Lipinski definition) is 3. The molecule has 0 saturated heterocycles. The maximum atomic E-state index is 5.36. The van der Waals surface area contributed by atoms with Crippen molar-refractivity contribution in [3.63, 3.8) is 0 Å². The number of benzene rings is 11. The number of nitrogens with zero attached hydrogens (tertiary/aromatic N) is 5. The molecule has 0 unspecified atom stereocenters. The van der Waals surface area contributed by atoms with Crippen molar-refractivity contribution in [2.45, 2.75) is 0 Å². The van der Waals surface area contributed by atoms with E-state index in [1.165, 1.54) is 54.3 Å². The molecule has 0 fully saturated rings. The van der Waals surface area contributed by atoms with Gasteiger partial charge in [0, 0.05) is 55.0 Å². The Labute approximate surface area is 391 Å². The summed E-state index contributed by atoms with van der Waals surface area (Å²) in [5.41, 5.74) is 12.0. The second kappa shape index (κ2) is 15.2. The molecule has 68 heavy (non-hydrogen) atoms. The third kappa shape index (κ3) is 5.93. The smallest absolute Gasteiger partial charge is 0.164 e. The Kier molecular flexibility index (Phi) is 8.52. The Hall–Kier alpha value is -9.19. The second-order valence-electron chi connectivity index (χ2n) is 17.5. The number of fused-ring (bicyclic) bond motifs is 12. The summed E-state index contributed by atoms with van der Waals surface area (Å²) in [5.74, 6) is 1.88. The minimum absolute atomic E-state index is 0.622. The highest BCUT2D eigenvalue weighted by Crippen LogP contribution is 2.44. The minimum Gasteiger partial charge on any atom is -0.309 e. The number of rotatable bonds is 6. The number of hydrogen-bond donors (Lipinski definition) is 0. The molecule has 14 rings (SSSR count). The lowest BCUT2D eigenvalue weighted by Crippen LogP contribution is -2.02. The van der Waals surface area contributed by atoms with Gasteiger partial charge >= 0.3 is 0 Å². The van der Waals surface area contributed by atoms with E-state index < -0.39 is 0 Å². The van der Waals surface area contributed by atoms with Crippen molar-refractivity contribution in [1.82, 2.24) is 24.1 Å². The van der Waals surface area contributed by atoms with Gasteiger partial charge in [-0.2, -0.15) is 0 Å². The molecule has 0 aliphatic heterocycles. The van der Waals surface area contributed by atoms with Gasteiger partial charge in [-0.1, -0.05) is 182 Å². The molecule has 0 amide bonds. The van der Waals surface area contributed by atoms with Gasteiger partial charge in [0.05, 0.1) is 22.1 Å². The van der Waals surface area contributed by atoms with E-state index in [4.69, 9.17) is 15.0 Å². The summed E-state index contributed by atoms with van der Waals surface area (Å²) >= 11 is 0. The predicted molar refractivity (Wildman–Crippen MR) is 283 cm³/mol. The van der Waals surface area contributed by atoms with Gasteiger partial charge in [-0.3, -0.25) is 0 Å². The molecule has 0 spiro atoms. The zero-order valence-electron chi connectivity index (χ0n) is 36.8. The molecule has 0 radical (unpaired) electrons. The predicted octanol–water partition coefficient (Wildman–Crippen LogP) is 16.2. The van der Waals surface area contributed by atoms with Crippen molar-refractivity contribution in [1.29, 1.82) is 0 Å². The molecule has 316 valence electrons. The lowest BCUT2D eigenvalue weighted by Gasteiger charge is -2.18. The average Bonchev–Trinajstić information content (AvgIpc) is 3.93. The van der Waals surface area contributed by atoms with Crippen LogP contribution in [0.3, 0.4) is 0 Å². The van der Waals surface area contributed by atoms with E-state index in [-0.39, 0.29) is 0 Å². The van der Waals surface area contributed by atoms with Gasteiger partial charge in [0.2, 0.25) is 0 Å². The van der Waals surface area contributed by atoms with Crippen LogP contribution in [0.25, 0.3) is 133 Å². The van der Waals surface area contributed by atoms with Crippen LogP contribution in [-0.2, 0) is 0 Å². The van der Waals surface area contributed by atoms with Crippen LogP contribution in [0.15, 0.2) is 237 Å². The Bertz CT molecular complexity index is 4250. The maximum absolute atomic E-state index is 5.36. The van der Waals surface area contributed by atoms with Crippen molar-refractivity contribution < 1.29 is 0 Å². The van der Waals surface area contributed by atoms with Gasteiger partial charge in [-0.05, 0) is 92.7 Å². The molecule has 0 N–H and O–H groups in total. The second-order valence-corrected chi connectivity index (χ2v) is 17.5. The fraction of sp³-hybridized carbons (Fsp3) is 0. The first-order chi connectivity index (χ1) is 33.7. The first-order valence-electron chi connectivity index (χ1n) is 23.1. The quantitative estimate of drug-likeness (QED) is 0.156. The molecule has 0 bridgehead atoms. The fourth-order valence-electron chi connectivity index (χ4n) is 10.7. The van der Waals surface area contributed by atoms with E-state index in [1.807, 2.05) is 36.4 Å². The van der Waals surface area contributed by atoms with Crippen LogP contribution >= 0.6 is 0 Å². The normalized spacial score (nSPS) is 11.8. The van der Waals surface area contributed by atoms with E-state index in [1.54, 1.807) is 0 Å². The Morgan fingerprint density at radius 3 is 1.32 bits per heavy atom. The SMILES string of the molecule is c1ccc(-c2nc(-c3ccccc3)nc(-c3cc(-n4c5ccccc5c5cc(-c6ccc7c8ccccc8n(-c8ccccc8)c7c6)ccc54)cc4c5ccccc5c5ccccc5c34)n2)cc1. The largest absolute Gasteiger partial charge is 0.309 e. The van der Waals surface area contributed by atoms with Gasteiger partial charge in [-0.15, -0.1) is 0 Å². The first-order valence-corrected chi connectivity index (χ1v) is 23.1. The summed E-state index contributed by atoms with van der Waals surface area (Å²) in [6.07, 6.45) is 0. The summed E-state index contributed by atoms with van der Waals surface area (Å²) in [4.78, 5) is 15.8. The number of para-hydroxylation sites is 3. The Balaban J connectivity index is 1.04. The highest BCUT2D eigenvalue weighted by Gasteiger charge is 2.22. The minimum atomic E-state index is 0.622. The van der Waals surface area contributed by atoms with Crippen molar-refractivity contribution in [2.75, 3.05) is 0 Å². The lowest BCUT2D eigenvalue weighted by molar-refractivity contribution is 1.07. The molecule has 3 heterocycles. The van der Waals surface area contributed by atoms with E-state index in [0.29, 0.717) is 17.5 Å². The third-order valence-corrected chi connectivity index (χ3v) is 13.7. The van der Waals surface area contributed by atoms with Crippen molar-refractivity contribution in [3.8, 4) is 56.7 Å². The molecule has 5 nitrogen and oxygen atoms in total. The fourth-order valence-corrected chi connectivity index (χ4v) is 10.7. The van der Waals surface area contributed by atoms with E-state index >= 15 is 0 Å². The third-order valence-electron chi connectivity index (χ3n) is 13.7. The summed E-state index contributed by atoms with van der Waals surface area (Å²) in [6, 6.07) is 84.7. The van der Waals surface area contributed by atoms with Crippen molar-refractivity contribution in [2.24, 2.45) is 0 Å². The lowest BCUT2D eigenvalue weighted by atomic mass is 9.91. The van der Waals surface area contributed by atoms with Crippen LogP contribution < -0.4 is 0 Å². The van der Waals surface area contributed by atoms with Crippen LogP contribution in [-0.4, -0.2) is 24.1 Å². The van der Waals surface area contributed by atoms with Gasteiger partial charge in [-0.25, -0.2) is 15.0 Å². The molecular formula is C63H39N5. The summed E-state index contributed by atoms with van der Waals surface area (Å²) in [5, 5.41) is 11.8. The number of aromatic nitrogens is 5. The van der Waals surface area contributed by atoms with Crippen LogP contribution in [0.2, 0.25) is 0 Å². The molecule has 14 aromatic rings. The van der Waals surface area contributed by atoms with Crippen molar-refractivity contribution >= 4 is 75.9 Å². The van der Waals surface area contributed by atoms with Gasteiger partial charge in [0.1, 0.15) is 0 Å². The Morgan fingerprint density at radius 2 is 0.676 bits per heavy atom. The molecular weight excluding hydrogens is 827 g/mol. The summed E-state index contributed by atoms with van der Waals surface area (Å²) in [6.45, 7) is 0. The highest BCUT2D eigenvalue weighted by molar-refractivity contribution is 6.29. The molecule has 0 aliphatic rings. The highest BCUT2D eigenvalue weighted by atomic mass is 15.0. The molecule has 0 aliphatic carbocycles. The zero-order chi connectivity index (χ0) is 44.7.